The van der Waals surface area contributed by atoms with Crippen LogP contribution < -0.4 is 11.1 Å². The fourth-order valence-corrected chi connectivity index (χ4v) is 1.25. The molecular weight excluding hydrogens is 202 g/mol. The number of nitrogens with one attached hydrogen (secondary N) is 1. The number of halogens is 1. The lowest BCUT2D eigenvalue weighted by atomic mass is 10.3. The van der Waals surface area contributed by atoms with Crippen LogP contribution in [0.15, 0.2) is 18.3 Å². The standard InChI is InChI=1S/C9H10ClN3O/c10-8-2-1-5(4-12-8)9(14)13-7-3-6(7)11/h1-2,4,6-7H,3,11H2,(H,13,14). The zero-order valence-corrected chi connectivity index (χ0v) is 8.16. The van der Waals surface area contributed by atoms with Crippen LogP contribution >= 0.6 is 11.6 Å². The van der Waals surface area contributed by atoms with Gasteiger partial charge in [-0.2, -0.15) is 0 Å². The van der Waals surface area contributed by atoms with Crippen LogP contribution in [0.4, 0.5) is 0 Å². The van der Waals surface area contributed by atoms with Crippen molar-refractivity contribution in [2.75, 3.05) is 0 Å². The van der Waals surface area contributed by atoms with E-state index in [1.54, 1.807) is 12.1 Å². The molecule has 2 unspecified atom stereocenters. The van der Waals surface area contributed by atoms with Gasteiger partial charge in [-0.25, -0.2) is 4.98 Å². The molecule has 2 atom stereocenters. The van der Waals surface area contributed by atoms with Crippen molar-refractivity contribution in [3.05, 3.63) is 29.0 Å². The van der Waals surface area contributed by atoms with Gasteiger partial charge in [-0.1, -0.05) is 11.6 Å². The van der Waals surface area contributed by atoms with Crippen molar-refractivity contribution in [1.29, 1.82) is 0 Å². The van der Waals surface area contributed by atoms with Crippen molar-refractivity contribution in [2.24, 2.45) is 5.73 Å². The summed E-state index contributed by atoms with van der Waals surface area (Å²) in [6.45, 7) is 0. The predicted octanol–water partition coefficient (Wildman–Crippen LogP) is 0.564. The SMILES string of the molecule is NC1CC1NC(=O)c1ccc(Cl)nc1. The summed E-state index contributed by atoms with van der Waals surface area (Å²) in [5, 5.41) is 3.17. The van der Waals surface area contributed by atoms with Crippen LogP contribution in [0.2, 0.25) is 5.15 Å². The van der Waals surface area contributed by atoms with Gasteiger partial charge in [0.05, 0.1) is 5.56 Å². The van der Waals surface area contributed by atoms with Gasteiger partial charge >= 0.3 is 0 Å². The molecule has 1 aliphatic rings. The van der Waals surface area contributed by atoms with Gasteiger partial charge in [-0.15, -0.1) is 0 Å². The second-order valence-corrected chi connectivity index (χ2v) is 3.74. The molecule has 74 valence electrons. The van der Waals surface area contributed by atoms with Gasteiger partial charge in [0.2, 0.25) is 0 Å². The third-order valence-electron chi connectivity index (χ3n) is 2.15. The van der Waals surface area contributed by atoms with E-state index >= 15 is 0 Å². The maximum Gasteiger partial charge on any atom is 0.253 e. The molecule has 2 rings (SSSR count). The van der Waals surface area contributed by atoms with Gasteiger partial charge < -0.3 is 11.1 Å². The van der Waals surface area contributed by atoms with Gasteiger partial charge in [0.1, 0.15) is 5.15 Å². The maximum atomic E-state index is 11.5. The molecule has 0 bridgehead atoms. The number of pyridine rings is 1. The molecule has 14 heavy (non-hydrogen) atoms. The van der Waals surface area contributed by atoms with E-state index in [0.717, 1.165) is 6.42 Å². The second kappa shape index (κ2) is 3.55. The smallest absolute Gasteiger partial charge is 0.253 e. The van der Waals surface area contributed by atoms with Gasteiger partial charge in [-0.3, -0.25) is 4.79 Å². The summed E-state index contributed by atoms with van der Waals surface area (Å²) < 4.78 is 0. The van der Waals surface area contributed by atoms with Crippen molar-refractivity contribution in [1.82, 2.24) is 10.3 Å². The van der Waals surface area contributed by atoms with Gasteiger partial charge in [0.15, 0.2) is 0 Å². The molecule has 1 fully saturated rings. The number of carbonyl (C=O) groups excluding carboxylic acids is 1. The molecule has 0 saturated heterocycles. The Morgan fingerprint density at radius 3 is 2.86 bits per heavy atom. The second-order valence-electron chi connectivity index (χ2n) is 3.35. The highest BCUT2D eigenvalue weighted by Crippen LogP contribution is 2.18. The van der Waals surface area contributed by atoms with E-state index in [0.29, 0.717) is 10.7 Å². The number of hydrogen-bond donors (Lipinski definition) is 2. The molecule has 0 aliphatic heterocycles. The average molecular weight is 212 g/mol. The summed E-state index contributed by atoms with van der Waals surface area (Å²) in [6.07, 6.45) is 2.30. The minimum atomic E-state index is -0.146. The van der Waals surface area contributed by atoms with Gasteiger partial charge in [-0.05, 0) is 18.6 Å². The van der Waals surface area contributed by atoms with Crippen LogP contribution in [0.5, 0.6) is 0 Å². The first-order valence-electron chi connectivity index (χ1n) is 4.35. The first-order valence-corrected chi connectivity index (χ1v) is 4.72. The predicted molar refractivity (Wildman–Crippen MR) is 53.1 cm³/mol. The maximum absolute atomic E-state index is 11.5. The van der Waals surface area contributed by atoms with E-state index in [1.807, 2.05) is 0 Å². The van der Waals surface area contributed by atoms with Crippen LogP contribution in [-0.4, -0.2) is 23.0 Å². The monoisotopic (exact) mass is 211 g/mol. The summed E-state index contributed by atoms with van der Waals surface area (Å²) in [5.41, 5.74) is 6.07. The lowest BCUT2D eigenvalue weighted by Gasteiger charge is -2.02. The van der Waals surface area contributed by atoms with E-state index in [-0.39, 0.29) is 18.0 Å². The quantitative estimate of drug-likeness (QED) is 0.703. The van der Waals surface area contributed by atoms with E-state index in [2.05, 4.69) is 10.3 Å². The Bertz CT molecular complexity index is 352. The van der Waals surface area contributed by atoms with Crippen LogP contribution in [0.1, 0.15) is 16.8 Å². The van der Waals surface area contributed by atoms with Crippen molar-refractivity contribution in [2.45, 2.75) is 18.5 Å². The molecule has 1 saturated carbocycles. The lowest BCUT2D eigenvalue weighted by molar-refractivity contribution is 0.0950. The summed E-state index contributed by atoms with van der Waals surface area (Å²) in [5.74, 6) is -0.146. The van der Waals surface area contributed by atoms with Crippen molar-refractivity contribution < 1.29 is 4.79 Å². The molecule has 0 radical (unpaired) electrons. The molecule has 1 aliphatic carbocycles. The molecule has 0 aromatic carbocycles. The summed E-state index contributed by atoms with van der Waals surface area (Å²) in [7, 11) is 0. The number of aromatic nitrogens is 1. The number of carbonyl (C=O) groups is 1. The Hall–Kier alpha value is -1.13. The number of hydrogen-bond acceptors (Lipinski definition) is 3. The first-order chi connectivity index (χ1) is 6.66. The topological polar surface area (TPSA) is 68.0 Å². The highest BCUT2D eigenvalue weighted by molar-refractivity contribution is 6.29. The van der Waals surface area contributed by atoms with Crippen molar-refractivity contribution in [3.8, 4) is 0 Å². The fraction of sp³-hybridized carbons (Fsp3) is 0.333. The van der Waals surface area contributed by atoms with Crippen molar-refractivity contribution >= 4 is 17.5 Å². The zero-order chi connectivity index (χ0) is 10.1. The van der Waals surface area contributed by atoms with E-state index in [4.69, 9.17) is 17.3 Å². The van der Waals surface area contributed by atoms with E-state index < -0.39 is 0 Å². The molecule has 1 aromatic heterocycles. The molecule has 0 spiro atoms. The van der Waals surface area contributed by atoms with Gasteiger partial charge in [0, 0.05) is 18.3 Å². The first kappa shape index (κ1) is 9.43. The number of amides is 1. The van der Waals surface area contributed by atoms with Crippen LogP contribution in [0.3, 0.4) is 0 Å². The van der Waals surface area contributed by atoms with Crippen LogP contribution in [0, 0.1) is 0 Å². The van der Waals surface area contributed by atoms with Gasteiger partial charge in [0.25, 0.3) is 5.91 Å². The lowest BCUT2D eigenvalue weighted by Crippen LogP contribution is -2.29. The summed E-state index contributed by atoms with van der Waals surface area (Å²) >= 11 is 5.59. The van der Waals surface area contributed by atoms with E-state index in [1.165, 1.54) is 6.20 Å². The highest BCUT2D eigenvalue weighted by Gasteiger charge is 2.34. The Kier molecular flexibility index (Phi) is 2.39. The molecule has 5 heteroatoms. The molecule has 1 heterocycles. The Labute approximate surface area is 86.5 Å². The number of nitrogens with two attached hydrogens (primary N) is 1. The molecule has 3 N–H and O–H groups in total. The van der Waals surface area contributed by atoms with Crippen molar-refractivity contribution in [3.63, 3.8) is 0 Å². The summed E-state index contributed by atoms with van der Waals surface area (Å²) in [4.78, 5) is 15.3. The third-order valence-corrected chi connectivity index (χ3v) is 2.37. The Morgan fingerprint density at radius 1 is 1.64 bits per heavy atom. The molecule has 4 nitrogen and oxygen atoms in total. The highest BCUT2D eigenvalue weighted by atomic mass is 35.5. The zero-order valence-electron chi connectivity index (χ0n) is 7.40. The van der Waals surface area contributed by atoms with E-state index in [9.17, 15) is 4.79 Å². The average Bonchev–Trinajstić information content (AvgIpc) is 2.82. The number of rotatable bonds is 2. The molecule has 1 aromatic rings. The molecular formula is C9H10ClN3O. The minimum Gasteiger partial charge on any atom is -0.348 e. The number of nitrogens with zero attached hydrogens (tertiary/aromatic N) is 1. The minimum absolute atomic E-state index is 0.110. The largest absolute Gasteiger partial charge is 0.348 e. The normalized spacial score (nSPS) is 24.4. The van der Waals surface area contributed by atoms with Crippen LogP contribution in [0.25, 0.3) is 0 Å². The Balaban J connectivity index is 2.00. The third kappa shape index (κ3) is 2.02. The Morgan fingerprint density at radius 2 is 2.36 bits per heavy atom. The summed E-state index contributed by atoms with van der Waals surface area (Å²) in [6, 6.07) is 3.46. The fourth-order valence-electron chi connectivity index (χ4n) is 1.14. The molecule has 1 amide bonds. The van der Waals surface area contributed by atoms with Crippen LogP contribution in [-0.2, 0) is 0 Å².